The molecule has 1 fully saturated rings. The first-order valence-electron chi connectivity index (χ1n) is 9.13. The van der Waals surface area contributed by atoms with Crippen LogP contribution in [-0.2, 0) is 6.54 Å². The predicted molar refractivity (Wildman–Crippen MR) is 105 cm³/mol. The van der Waals surface area contributed by atoms with Crippen LogP contribution in [0.2, 0.25) is 5.02 Å². The fraction of sp³-hybridized carbons (Fsp3) is 0.350. The summed E-state index contributed by atoms with van der Waals surface area (Å²) in [7, 11) is 0. The third-order valence-electron chi connectivity index (χ3n) is 5.17. The van der Waals surface area contributed by atoms with Gasteiger partial charge in [-0.3, -0.25) is 15.1 Å². The zero-order chi connectivity index (χ0) is 20.3. The number of benzene rings is 2. The van der Waals surface area contributed by atoms with Crippen LogP contribution in [0.5, 0.6) is 0 Å². The molecule has 0 saturated carbocycles. The van der Waals surface area contributed by atoms with Crippen LogP contribution in [0.1, 0.15) is 34.5 Å². The minimum Gasteiger partial charge on any atom is -0.300 e. The molecule has 0 spiro atoms. The van der Waals surface area contributed by atoms with E-state index >= 15 is 0 Å². The number of nitrogens with two attached hydrogens (primary N) is 1. The SMILES string of the molecule is CCN1CCN(Cc2ccc(C(=O)NN)cc2F)C(c2ccc(F)c(Cl)c2)C1. The third-order valence-corrected chi connectivity index (χ3v) is 5.46. The molecule has 3 N–H and O–H groups in total. The summed E-state index contributed by atoms with van der Waals surface area (Å²) in [6, 6.07) is 9.01. The van der Waals surface area contributed by atoms with Gasteiger partial charge in [0, 0.05) is 43.3 Å². The van der Waals surface area contributed by atoms with Crippen LogP contribution in [0.15, 0.2) is 36.4 Å². The van der Waals surface area contributed by atoms with Gasteiger partial charge in [0.05, 0.1) is 5.02 Å². The largest absolute Gasteiger partial charge is 0.300 e. The number of carbonyl (C=O) groups is 1. The smallest absolute Gasteiger partial charge is 0.265 e. The molecule has 0 bridgehead atoms. The van der Waals surface area contributed by atoms with E-state index in [1.165, 1.54) is 12.1 Å². The average molecular weight is 409 g/mol. The number of hydrogen-bond donors (Lipinski definition) is 2. The normalized spacial score (nSPS) is 18.2. The maximum Gasteiger partial charge on any atom is 0.265 e. The third kappa shape index (κ3) is 4.50. The minimum atomic E-state index is -0.541. The van der Waals surface area contributed by atoms with E-state index in [1.807, 2.05) is 5.43 Å². The lowest BCUT2D eigenvalue weighted by Gasteiger charge is -2.41. The summed E-state index contributed by atoms with van der Waals surface area (Å²) in [5, 5.41) is 0.0782. The van der Waals surface area contributed by atoms with Gasteiger partial charge >= 0.3 is 0 Å². The quantitative estimate of drug-likeness (QED) is 0.453. The Balaban J connectivity index is 1.86. The Morgan fingerprint density at radius 3 is 2.64 bits per heavy atom. The summed E-state index contributed by atoms with van der Waals surface area (Å²) in [6.45, 7) is 5.69. The Morgan fingerprint density at radius 2 is 2.00 bits per heavy atom. The molecule has 28 heavy (non-hydrogen) atoms. The van der Waals surface area contributed by atoms with E-state index in [2.05, 4.69) is 16.7 Å². The molecule has 5 nitrogen and oxygen atoms in total. The fourth-order valence-electron chi connectivity index (χ4n) is 3.51. The molecule has 150 valence electrons. The molecule has 0 aliphatic carbocycles. The monoisotopic (exact) mass is 408 g/mol. The van der Waals surface area contributed by atoms with Crippen molar-refractivity contribution in [2.24, 2.45) is 5.84 Å². The van der Waals surface area contributed by atoms with Gasteiger partial charge in [-0.25, -0.2) is 14.6 Å². The molecular formula is C20H23ClF2N4O. The maximum absolute atomic E-state index is 14.6. The molecule has 2 aromatic carbocycles. The molecule has 2 aromatic rings. The first kappa shape index (κ1) is 20.7. The molecule has 1 saturated heterocycles. The number of nitrogens with one attached hydrogen (secondary N) is 1. The summed E-state index contributed by atoms with van der Waals surface area (Å²) >= 11 is 5.98. The van der Waals surface area contributed by atoms with Gasteiger partial charge in [-0.15, -0.1) is 0 Å². The van der Waals surface area contributed by atoms with Crippen LogP contribution in [0, 0.1) is 11.6 Å². The summed E-state index contributed by atoms with van der Waals surface area (Å²) < 4.78 is 28.2. The first-order valence-corrected chi connectivity index (χ1v) is 9.51. The number of hydrazine groups is 1. The van der Waals surface area contributed by atoms with Gasteiger partial charge < -0.3 is 4.90 Å². The number of rotatable bonds is 5. The Bertz CT molecular complexity index is 864. The number of nitrogens with zero attached hydrogens (tertiary/aromatic N) is 2. The highest BCUT2D eigenvalue weighted by Crippen LogP contribution is 2.30. The molecule has 1 atom stereocenters. The van der Waals surface area contributed by atoms with Crippen LogP contribution in [0.25, 0.3) is 0 Å². The Labute approximate surface area is 168 Å². The van der Waals surface area contributed by atoms with E-state index in [1.54, 1.807) is 24.3 Å². The Hall–Kier alpha value is -2.06. The second kappa shape index (κ2) is 8.96. The van der Waals surface area contributed by atoms with Gasteiger partial charge in [-0.2, -0.15) is 0 Å². The topological polar surface area (TPSA) is 61.6 Å². The molecule has 1 unspecified atom stereocenters. The number of piperazine rings is 1. The van der Waals surface area contributed by atoms with Gasteiger partial charge in [0.25, 0.3) is 5.91 Å². The molecule has 8 heteroatoms. The summed E-state index contributed by atoms with van der Waals surface area (Å²) in [5.74, 6) is 3.64. The van der Waals surface area contributed by atoms with E-state index in [-0.39, 0.29) is 16.6 Å². The molecule has 3 rings (SSSR count). The number of likely N-dealkylation sites (N-methyl/N-ethyl adjacent to an activating group) is 1. The first-order chi connectivity index (χ1) is 13.4. The number of carbonyl (C=O) groups excluding carboxylic acids is 1. The Kier molecular flexibility index (Phi) is 6.61. The standard InChI is InChI=1S/C20H23ClF2N4O/c1-2-26-7-8-27(19(12-26)13-5-6-17(22)16(21)9-13)11-15-4-3-14(10-18(15)23)20(28)25-24/h3-6,9-10,19H,2,7-8,11-12,24H2,1H3,(H,25,28). The van der Waals surface area contributed by atoms with Crippen LogP contribution >= 0.6 is 11.6 Å². The molecule has 0 aromatic heterocycles. The van der Waals surface area contributed by atoms with Crippen molar-refractivity contribution in [3.63, 3.8) is 0 Å². The highest BCUT2D eigenvalue weighted by atomic mass is 35.5. The highest BCUT2D eigenvalue weighted by molar-refractivity contribution is 6.30. The van der Waals surface area contributed by atoms with Crippen LogP contribution < -0.4 is 11.3 Å². The molecular weight excluding hydrogens is 386 g/mol. The van der Waals surface area contributed by atoms with Gasteiger partial charge in [0.1, 0.15) is 11.6 Å². The molecule has 1 aliphatic heterocycles. The summed E-state index contributed by atoms with van der Waals surface area (Å²) in [6.07, 6.45) is 0. The van der Waals surface area contributed by atoms with Crippen LogP contribution in [0.4, 0.5) is 8.78 Å². The second-order valence-electron chi connectivity index (χ2n) is 6.83. The van der Waals surface area contributed by atoms with Gasteiger partial charge in [-0.05, 0) is 36.4 Å². The van der Waals surface area contributed by atoms with E-state index in [9.17, 15) is 13.6 Å². The summed E-state index contributed by atoms with van der Waals surface area (Å²) in [5.41, 5.74) is 3.54. The number of amides is 1. The van der Waals surface area contributed by atoms with Crippen molar-refractivity contribution in [1.29, 1.82) is 0 Å². The maximum atomic E-state index is 14.6. The number of halogens is 3. The van der Waals surface area contributed by atoms with Crippen LogP contribution in [0.3, 0.4) is 0 Å². The predicted octanol–water partition coefficient (Wildman–Crippen LogP) is 3.10. The zero-order valence-corrected chi connectivity index (χ0v) is 16.3. The lowest BCUT2D eigenvalue weighted by Crippen LogP contribution is -2.47. The van der Waals surface area contributed by atoms with Crippen LogP contribution in [-0.4, -0.2) is 41.9 Å². The van der Waals surface area contributed by atoms with Crippen molar-refractivity contribution in [3.05, 3.63) is 69.7 Å². The lowest BCUT2D eigenvalue weighted by atomic mass is 10.0. The molecule has 1 heterocycles. The zero-order valence-electron chi connectivity index (χ0n) is 15.6. The van der Waals surface area contributed by atoms with E-state index < -0.39 is 17.5 Å². The van der Waals surface area contributed by atoms with Crippen molar-refractivity contribution < 1.29 is 13.6 Å². The Morgan fingerprint density at radius 1 is 1.21 bits per heavy atom. The van der Waals surface area contributed by atoms with E-state index in [4.69, 9.17) is 17.4 Å². The van der Waals surface area contributed by atoms with Crippen molar-refractivity contribution in [1.82, 2.24) is 15.2 Å². The van der Waals surface area contributed by atoms with Gasteiger partial charge in [0.15, 0.2) is 0 Å². The lowest BCUT2D eigenvalue weighted by molar-refractivity contribution is 0.0703. The van der Waals surface area contributed by atoms with Crippen molar-refractivity contribution in [3.8, 4) is 0 Å². The van der Waals surface area contributed by atoms with Crippen molar-refractivity contribution in [2.75, 3.05) is 26.2 Å². The number of hydrogen-bond acceptors (Lipinski definition) is 4. The molecule has 0 radical (unpaired) electrons. The molecule has 1 amide bonds. The van der Waals surface area contributed by atoms with Crippen molar-refractivity contribution in [2.45, 2.75) is 19.5 Å². The molecule has 1 aliphatic rings. The minimum absolute atomic E-state index is 0.0433. The fourth-order valence-corrected chi connectivity index (χ4v) is 3.70. The average Bonchev–Trinajstić information content (AvgIpc) is 2.71. The van der Waals surface area contributed by atoms with E-state index in [0.717, 1.165) is 31.7 Å². The van der Waals surface area contributed by atoms with Gasteiger partial charge in [-0.1, -0.05) is 30.7 Å². The van der Waals surface area contributed by atoms with Crippen molar-refractivity contribution >= 4 is 17.5 Å². The van der Waals surface area contributed by atoms with Gasteiger partial charge in [0.2, 0.25) is 0 Å². The number of nitrogen functional groups attached to an aromatic ring is 1. The highest BCUT2D eigenvalue weighted by Gasteiger charge is 2.28. The second-order valence-corrected chi connectivity index (χ2v) is 7.24. The summed E-state index contributed by atoms with van der Waals surface area (Å²) in [4.78, 5) is 16.0. The van der Waals surface area contributed by atoms with E-state index in [0.29, 0.717) is 12.1 Å².